The Morgan fingerprint density at radius 1 is 1.16 bits per heavy atom. The van der Waals surface area contributed by atoms with Crippen LogP contribution in [0.2, 0.25) is 0 Å². The molecule has 32 heavy (non-hydrogen) atoms. The van der Waals surface area contributed by atoms with E-state index in [0.717, 1.165) is 10.5 Å². The number of amidine groups is 1. The fourth-order valence-electron chi connectivity index (χ4n) is 3.52. The molecule has 0 radical (unpaired) electrons. The van der Waals surface area contributed by atoms with Crippen LogP contribution in [-0.2, 0) is 11.3 Å². The third-order valence-corrected chi connectivity index (χ3v) is 5.19. The average Bonchev–Trinajstić information content (AvgIpc) is 3.15. The minimum Gasteiger partial charge on any atom is -0.270 e. The highest BCUT2D eigenvalue weighted by Crippen LogP contribution is 2.20. The number of hydrazone groups is 1. The first-order valence-corrected chi connectivity index (χ1v) is 9.71. The molecular weight excluding hydrogens is 414 g/mol. The van der Waals surface area contributed by atoms with Gasteiger partial charge >= 0.3 is 12.0 Å². The van der Waals surface area contributed by atoms with Crippen LogP contribution in [0.25, 0.3) is 0 Å². The zero-order chi connectivity index (χ0) is 22.8. The smallest absolute Gasteiger partial charge is 0.270 e. The topological polar surface area (TPSA) is 124 Å². The molecule has 11 nitrogen and oxygen atoms in total. The van der Waals surface area contributed by atoms with Crippen LogP contribution >= 0.6 is 0 Å². The van der Waals surface area contributed by atoms with Crippen molar-refractivity contribution >= 4 is 35.6 Å². The molecule has 0 spiro atoms. The molecule has 0 aromatic heterocycles. The molecule has 2 aliphatic rings. The summed E-state index contributed by atoms with van der Waals surface area (Å²) in [5.41, 5.74) is 4.24. The molecule has 1 atom stereocenters. The quantitative estimate of drug-likeness (QED) is 0.330. The maximum absolute atomic E-state index is 12.9. The van der Waals surface area contributed by atoms with Crippen molar-refractivity contribution in [3.05, 3.63) is 75.8 Å². The first-order chi connectivity index (χ1) is 15.4. The van der Waals surface area contributed by atoms with E-state index >= 15 is 0 Å². The number of carbonyl (C=O) groups excluding carboxylic acids is 2. The van der Waals surface area contributed by atoms with Crippen molar-refractivity contribution in [2.75, 3.05) is 14.1 Å². The lowest BCUT2D eigenvalue weighted by atomic mass is 10.1. The molecule has 4 rings (SSSR count). The number of hydrogen-bond donors (Lipinski definition) is 1. The third kappa shape index (κ3) is 3.83. The van der Waals surface area contributed by atoms with E-state index in [1.807, 2.05) is 30.3 Å². The Bertz CT molecular complexity index is 1190. The lowest BCUT2D eigenvalue weighted by molar-refractivity contribution is -0.553. The fraction of sp³-hybridized carbons (Fsp3) is 0.190. The van der Waals surface area contributed by atoms with Gasteiger partial charge in [-0.05, 0) is 5.56 Å². The SMILES string of the molecule is CN1C(=O)C2C(=NC(N/N=C\c3cccc([N+](=O)[O-])c3)=[N+]2Cc2ccccc2)N(C)C1=O. The molecule has 2 aromatic carbocycles. The number of benzene rings is 2. The second-order valence-corrected chi connectivity index (χ2v) is 7.27. The largest absolute Gasteiger partial charge is 0.414 e. The van der Waals surface area contributed by atoms with Gasteiger partial charge in [0.15, 0.2) is 0 Å². The zero-order valence-electron chi connectivity index (χ0n) is 17.4. The zero-order valence-corrected chi connectivity index (χ0v) is 17.4. The van der Waals surface area contributed by atoms with Crippen LogP contribution in [-0.4, -0.2) is 69.4 Å². The number of guanidine groups is 1. The number of non-ortho nitro benzene ring substituents is 1. The molecule has 0 saturated carbocycles. The summed E-state index contributed by atoms with van der Waals surface area (Å²) in [5.74, 6) is 0.211. The Morgan fingerprint density at radius 3 is 2.62 bits per heavy atom. The Labute approximate surface area is 183 Å². The van der Waals surface area contributed by atoms with Crippen molar-refractivity contribution in [3.8, 4) is 0 Å². The van der Waals surface area contributed by atoms with E-state index in [1.54, 1.807) is 23.8 Å². The van der Waals surface area contributed by atoms with Gasteiger partial charge < -0.3 is 0 Å². The minimum absolute atomic E-state index is 0.0480. The lowest BCUT2D eigenvalue weighted by Gasteiger charge is -2.31. The predicted molar refractivity (Wildman–Crippen MR) is 116 cm³/mol. The summed E-state index contributed by atoms with van der Waals surface area (Å²) < 4.78 is 1.73. The second-order valence-electron chi connectivity index (χ2n) is 7.27. The van der Waals surface area contributed by atoms with Gasteiger partial charge in [0, 0.05) is 31.8 Å². The summed E-state index contributed by atoms with van der Waals surface area (Å²) in [7, 11) is 3.00. The lowest BCUT2D eigenvalue weighted by Crippen LogP contribution is -2.61. The summed E-state index contributed by atoms with van der Waals surface area (Å²) >= 11 is 0. The number of carbonyl (C=O) groups is 2. The van der Waals surface area contributed by atoms with Gasteiger partial charge in [-0.25, -0.2) is 9.37 Å². The fourth-order valence-corrected chi connectivity index (χ4v) is 3.52. The number of fused-ring (bicyclic) bond motifs is 1. The maximum atomic E-state index is 12.9. The number of imide groups is 1. The van der Waals surface area contributed by atoms with Crippen molar-refractivity contribution < 1.29 is 19.1 Å². The highest BCUT2D eigenvalue weighted by molar-refractivity contribution is 6.22. The summed E-state index contributed by atoms with van der Waals surface area (Å²) in [6.45, 7) is 0.356. The molecule has 0 aliphatic carbocycles. The van der Waals surface area contributed by atoms with Crippen molar-refractivity contribution in [1.29, 1.82) is 0 Å². The Hall–Kier alpha value is -4.41. The molecule has 1 saturated heterocycles. The molecule has 1 unspecified atom stereocenters. The van der Waals surface area contributed by atoms with E-state index in [4.69, 9.17) is 0 Å². The number of nitro benzene ring substituents is 1. The molecule has 162 valence electrons. The molecule has 2 aromatic rings. The molecule has 11 heteroatoms. The Kier molecular flexibility index (Phi) is 5.46. The summed E-state index contributed by atoms with van der Waals surface area (Å²) in [6.07, 6.45) is 1.42. The first kappa shape index (κ1) is 20.8. The first-order valence-electron chi connectivity index (χ1n) is 9.71. The molecule has 1 fully saturated rings. The normalized spacial score (nSPS) is 18.3. The van der Waals surface area contributed by atoms with Gasteiger partial charge in [-0.1, -0.05) is 47.5 Å². The molecule has 3 amide bonds. The number of aliphatic imine (C=N–C) groups is 1. The Morgan fingerprint density at radius 2 is 1.91 bits per heavy atom. The summed E-state index contributed by atoms with van der Waals surface area (Å²) in [4.78, 5) is 42.6. The van der Waals surface area contributed by atoms with Crippen LogP contribution in [0.15, 0.2) is 64.7 Å². The van der Waals surface area contributed by atoms with Crippen molar-refractivity contribution in [1.82, 2.24) is 15.2 Å². The monoisotopic (exact) mass is 434 g/mol. The van der Waals surface area contributed by atoms with Crippen LogP contribution in [0.1, 0.15) is 11.1 Å². The van der Waals surface area contributed by atoms with Gasteiger partial charge in [-0.3, -0.25) is 24.7 Å². The van der Waals surface area contributed by atoms with Crippen LogP contribution in [0.4, 0.5) is 10.5 Å². The van der Waals surface area contributed by atoms with Crippen molar-refractivity contribution in [3.63, 3.8) is 0 Å². The third-order valence-electron chi connectivity index (χ3n) is 5.19. The molecule has 0 bridgehead atoms. The highest BCUT2D eigenvalue weighted by atomic mass is 16.6. The van der Waals surface area contributed by atoms with E-state index in [1.165, 1.54) is 30.3 Å². The number of likely N-dealkylation sites (N-methyl/N-ethyl adjacent to an activating group) is 2. The number of nitrogens with zero attached hydrogens (tertiary/aromatic N) is 6. The predicted octanol–water partition coefficient (Wildman–Crippen LogP) is 1.39. The van der Waals surface area contributed by atoms with Crippen LogP contribution < -0.4 is 5.43 Å². The van der Waals surface area contributed by atoms with E-state index < -0.39 is 17.0 Å². The van der Waals surface area contributed by atoms with Crippen LogP contribution in [0, 0.1) is 10.1 Å². The number of urea groups is 1. The van der Waals surface area contributed by atoms with Gasteiger partial charge in [0.1, 0.15) is 0 Å². The number of amides is 3. The number of nitro groups is 1. The number of rotatable bonds is 5. The number of nitrogens with one attached hydrogen (secondary N) is 1. The minimum atomic E-state index is -0.779. The van der Waals surface area contributed by atoms with Crippen LogP contribution in [0.5, 0.6) is 0 Å². The van der Waals surface area contributed by atoms with E-state index in [2.05, 4.69) is 15.5 Å². The van der Waals surface area contributed by atoms with E-state index in [-0.39, 0.29) is 11.6 Å². The van der Waals surface area contributed by atoms with Crippen LogP contribution in [0.3, 0.4) is 0 Å². The van der Waals surface area contributed by atoms with Crippen molar-refractivity contribution in [2.24, 2.45) is 10.1 Å². The molecule has 2 heterocycles. The van der Waals surface area contributed by atoms with Gasteiger partial charge in [-0.2, -0.15) is 5.43 Å². The van der Waals surface area contributed by atoms with Gasteiger partial charge in [0.25, 0.3) is 11.6 Å². The van der Waals surface area contributed by atoms with E-state index in [0.29, 0.717) is 23.9 Å². The molecule has 2 aliphatic heterocycles. The highest BCUT2D eigenvalue weighted by Gasteiger charge is 2.51. The van der Waals surface area contributed by atoms with Crippen molar-refractivity contribution in [2.45, 2.75) is 12.6 Å². The average molecular weight is 434 g/mol. The number of hydrogen-bond acceptors (Lipinski definition) is 7. The van der Waals surface area contributed by atoms with Gasteiger partial charge in [0.05, 0.1) is 17.7 Å². The van der Waals surface area contributed by atoms with Gasteiger partial charge in [-0.15, -0.1) is 5.10 Å². The molecule has 1 N–H and O–H groups in total. The summed E-state index contributed by atoms with van der Waals surface area (Å²) in [5, 5.41) is 15.1. The second kappa shape index (κ2) is 8.38. The maximum Gasteiger partial charge on any atom is 0.414 e. The van der Waals surface area contributed by atoms with E-state index in [9.17, 15) is 19.7 Å². The van der Waals surface area contributed by atoms with Gasteiger partial charge in [0.2, 0.25) is 11.9 Å². The summed E-state index contributed by atoms with van der Waals surface area (Å²) in [6, 6.07) is 14.3. The molecular formula is C21H20N7O4+. The Balaban J connectivity index is 1.66. The standard InChI is InChI=1S/C21H19N7O4/c1-25-18-17(19(29)26(2)21(25)30)27(13-14-7-4-3-5-8-14)20(23-18)24-22-12-15-9-6-10-16(11-15)28(31)32/h3-12,17H,13H2,1-2H3/p+1/b22-12-.